The van der Waals surface area contributed by atoms with E-state index in [4.69, 9.17) is 0 Å². The summed E-state index contributed by atoms with van der Waals surface area (Å²) in [6.07, 6.45) is 3.74. The van der Waals surface area contributed by atoms with Crippen molar-refractivity contribution in [1.82, 2.24) is 9.29 Å². The Bertz CT molecular complexity index is 856. The molecule has 1 atom stereocenters. The molecule has 1 N–H and O–H groups in total. The van der Waals surface area contributed by atoms with Crippen LogP contribution in [0.25, 0.3) is 0 Å². The van der Waals surface area contributed by atoms with Crippen LogP contribution in [0.4, 0.5) is 5.13 Å². The Kier molecular flexibility index (Phi) is 4.65. The molecule has 134 valence electrons. The number of piperidine rings is 1. The second-order valence-electron chi connectivity index (χ2n) is 6.48. The van der Waals surface area contributed by atoms with E-state index in [1.54, 1.807) is 17.5 Å². The number of hydrogen-bond acceptors (Lipinski definition) is 6. The molecule has 4 rings (SSSR count). The Morgan fingerprint density at radius 2 is 2.12 bits per heavy atom. The van der Waals surface area contributed by atoms with Gasteiger partial charge in [0.2, 0.25) is 5.91 Å². The molecule has 2 aromatic heterocycles. The molecule has 1 unspecified atom stereocenters. The van der Waals surface area contributed by atoms with Gasteiger partial charge in [-0.25, -0.2) is 13.4 Å². The number of thiazole rings is 1. The number of thiophene rings is 1. The Hall–Kier alpha value is -1.29. The molecule has 9 heteroatoms. The van der Waals surface area contributed by atoms with Gasteiger partial charge in [-0.3, -0.25) is 4.79 Å². The molecule has 2 aliphatic rings. The van der Waals surface area contributed by atoms with Crippen molar-refractivity contribution in [2.75, 3.05) is 18.4 Å². The highest BCUT2D eigenvalue weighted by molar-refractivity contribution is 7.91. The Balaban J connectivity index is 1.42. The second kappa shape index (κ2) is 6.79. The summed E-state index contributed by atoms with van der Waals surface area (Å²) in [5.41, 5.74) is 1.06. The zero-order valence-electron chi connectivity index (χ0n) is 13.6. The molecule has 2 aromatic rings. The molecule has 0 spiro atoms. The number of amides is 1. The van der Waals surface area contributed by atoms with Crippen molar-refractivity contribution >= 4 is 43.7 Å². The Morgan fingerprint density at radius 3 is 2.84 bits per heavy atom. The fourth-order valence-electron chi connectivity index (χ4n) is 3.03. The molecule has 0 bridgehead atoms. The molecule has 1 saturated carbocycles. The lowest BCUT2D eigenvalue weighted by Gasteiger charge is -2.30. The van der Waals surface area contributed by atoms with Crippen LogP contribution in [0.2, 0.25) is 0 Å². The van der Waals surface area contributed by atoms with E-state index in [2.05, 4.69) is 10.3 Å². The first kappa shape index (κ1) is 17.1. The van der Waals surface area contributed by atoms with Crippen LogP contribution in [0.1, 0.15) is 37.3 Å². The average Bonchev–Trinajstić information content (AvgIpc) is 3.11. The first-order chi connectivity index (χ1) is 12.0. The maximum Gasteiger partial charge on any atom is 0.252 e. The highest BCUT2D eigenvalue weighted by Crippen LogP contribution is 2.41. The molecular weight excluding hydrogens is 378 g/mol. The van der Waals surface area contributed by atoms with Crippen LogP contribution >= 0.6 is 22.7 Å². The van der Waals surface area contributed by atoms with Gasteiger partial charge in [0.15, 0.2) is 5.13 Å². The summed E-state index contributed by atoms with van der Waals surface area (Å²) in [4.78, 5) is 17.0. The molecule has 0 radical (unpaired) electrons. The van der Waals surface area contributed by atoms with Gasteiger partial charge in [0.1, 0.15) is 4.21 Å². The van der Waals surface area contributed by atoms with Crippen LogP contribution in [0, 0.1) is 5.92 Å². The zero-order chi connectivity index (χ0) is 17.4. The summed E-state index contributed by atoms with van der Waals surface area (Å²) in [5, 5.41) is 7.24. The Morgan fingerprint density at radius 1 is 1.28 bits per heavy atom. The average molecular weight is 398 g/mol. The molecule has 1 amide bonds. The molecule has 1 aliphatic heterocycles. The first-order valence-electron chi connectivity index (χ1n) is 8.34. The minimum Gasteiger partial charge on any atom is -0.302 e. The van der Waals surface area contributed by atoms with Crippen molar-refractivity contribution in [1.29, 1.82) is 0 Å². The van der Waals surface area contributed by atoms with E-state index < -0.39 is 10.0 Å². The largest absolute Gasteiger partial charge is 0.302 e. The van der Waals surface area contributed by atoms with Crippen molar-refractivity contribution in [2.45, 2.75) is 35.8 Å². The van der Waals surface area contributed by atoms with Gasteiger partial charge in [0, 0.05) is 24.4 Å². The summed E-state index contributed by atoms with van der Waals surface area (Å²) in [7, 11) is -3.50. The van der Waals surface area contributed by atoms with E-state index in [1.807, 2.05) is 5.38 Å². The number of anilines is 1. The van der Waals surface area contributed by atoms with Gasteiger partial charge in [-0.2, -0.15) is 4.31 Å². The normalized spacial score (nSPS) is 22.0. The van der Waals surface area contributed by atoms with Crippen LogP contribution in [0.5, 0.6) is 0 Å². The van der Waals surface area contributed by atoms with Gasteiger partial charge in [-0.15, -0.1) is 22.7 Å². The number of aromatic nitrogens is 1. The summed E-state index contributed by atoms with van der Waals surface area (Å²) >= 11 is 2.65. The fourth-order valence-corrected chi connectivity index (χ4v) is 6.49. The van der Waals surface area contributed by atoms with E-state index in [9.17, 15) is 13.2 Å². The number of nitrogens with one attached hydrogen (secondary N) is 1. The van der Waals surface area contributed by atoms with Gasteiger partial charge >= 0.3 is 0 Å². The molecule has 1 aliphatic carbocycles. The minimum atomic E-state index is -3.50. The van der Waals surface area contributed by atoms with Gasteiger partial charge in [0.05, 0.1) is 11.6 Å². The van der Waals surface area contributed by atoms with Crippen LogP contribution < -0.4 is 5.32 Å². The van der Waals surface area contributed by atoms with Crippen molar-refractivity contribution in [3.8, 4) is 0 Å². The maximum absolute atomic E-state index is 12.7. The van der Waals surface area contributed by atoms with Gasteiger partial charge in [0.25, 0.3) is 10.0 Å². The fraction of sp³-hybridized carbons (Fsp3) is 0.500. The quantitative estimate of drug-likeness (QED) is 0.841. The predicted molar refractivity (Wildman–Crippen MR) is 98.5 cm³/mol. The van der Waals surface area contributed by atoms with Crippen LogP contribution in [0.15, 0.2) is 27.1 Å². The van der Waals surface area contributed by atoms with Crippen molar-refractivity contribution in [2.24, 2.45) is 5.92 Å². The smallest absolute Gasteiger partial charge is 0.252 e. The van der Waals surface area contributed by atoms with Crippen molar-refractivity contribution < 1.29 is 13.2 Å². The molecule has 6 nitrogen and oxygen atoms in total. The zero-order valence-corrected chi connectivity index (χ0v) is 16.0. The van der Waals surface area contributed by atoms with Crippen LogP contribution in [-0.2, 0) is 14.8 Å². The van der Waals surface area contributed by atoms with Crippen LogP contribution in [-0.4, -0.2) is 36.7 Å². The molecule has 0 aromatic carbocycles. The van der Waals surface area contributed by atoms with E-state index >= 15 is 0 Å². The molecule has 25 heavy (non-hydrogen) atoms. The topological polar surface area (TPSA) is 79.4 Å². The first-order valence-corrected chi connectivity index (χ1v) is 11.5. The predicted octanol–water partition coefficient (Wildman–Crippen LogP) is 3.12. The number of nitrogens with zero attached hydrogens (tertiary/aromatic N) is 2. The van der Waals surface area contributed by atoms with Crippen molar-refractivity contribution in [3.05, 3.63) is 28.6 Å². The number of carbonyl (C=O) groups excluding carboxylic acids is 1. The third-order valence-electron chi connectivity index (χ3n) is 4.59. The van der Waals surface area contributed by atoms with Gasteiger partial charge in [-0.1, -0.05) is 6.07 Å². The van der Waals surface area contributed by atoms with Gasteiger partial charge < -0.3 is 5.32 Å². The number of sulfonamides is 1. The van der Waals surface area contributed by atoms with Gasteiger partial charge in [-0.05, 0) is 37.1 Å². The van der Waals surface area contributed by atoms with E-state index in [1.165, 1.54) is 39.8 Å². The lowest BCUT2D eigenvalue weighted by Crippen LogP contribution is -2.43. The highest BCUT2D eigenvalue weighted by atomic mass is 32.2. The maximum atomic E-state index is 12.7. The molecular formula is C16H19N3O3S3. The lowest BCUT2D eigenvalue weighted by molar-refractivity contribution is -0.120. The second-order valence-corrected chi connectivity index (χ2v) is 10.4. The molecule has 3 heterocycles. The number of carbonyl (C=O) groups is 1. The van der Waals surface area contributed by atoms with Crippen molar-refractivity contribution in [3.63, 3.8) is 0 Å². The number of rotatable bonds is 5. The van der Waals surface area contributed by atoms with E-state index in [0.717, 1.165) is 5.69 Å². The van der Waals surface area contributed by atoms with E-state index in [-0.39, 0.29) is 18.4 Å². The summed E-state index contributed by atoms with van der Waals surface area (Å²) < 4.78 is 27.1. The van der Waals surface area contributed by atoms with E-state index in [0.29, 0.717) is 34.6 Å². The summed E-state index contributed by atoms with van der Waals surface area (Å²) in [6.45, 7) is 0.694. The van der Waals surface area contributed by atoms with Crippen LogP contribution in [0.3, 0.4) is 0 Å². The molecule has 2 fully saturated rings. The standard InChI is InChI=1S/C16H19N3O3S3/c20-15(18-16-17-13(10-24-16)11-5-6-11)12-3-1-7-19(9-12)25(21,22)14-4-2-8-23-14/h2,4,8,10-12H,1,3,5-7,9H2,(H,17,18,20). The Labute approximate surface area is 154 Å². The summed E-state index contributed by atoms with van der Waals surface area (Å²) in [6, 6.07) is 3.34. The number of hydrogen-bond donors (Lipinski definition) is 1. The molecule has 1 saturated heterocycles. The summed E-state index contributed by atoms with van der Waals surface area (Å²) in [5.74, 6) is 0.0857. The highest BCUT2D eigenvalue weighted by Gasteiger charge is 2.34. The SMILES string of the molecule is O=C(Nc1nc(C2CC2)cs1)C1CCCN(S(=O)(=O)c2cccs2)C1. The monoisotopic (exact) mass is 397 g/mol. The lowest BCUT2D eigenvalue weighted by atomic mass is 9.99. The minimum absolute atomic E-state index is 0.136. The third kappa shape index (κ3) is 3.64. The third-order valence-corrected chi connectivity index (χ3v) is 8.61.